The fraction of sp³-hybridized carbons (Fsp3) is 0.346. The summed E-state index contributed by atoms with van der Waals surface area (Å²) in [4.78, 5) is 14.3. The predicted octanol–water partition coefficient (Wildman–Crippen LogP) is 4.86. The van der Waals surface area contributed by atoms with Gasteiger partial charge in [-0.2, -0.15) is 9.97 Å². The van der Waals surface area contributed by atoms with E-state index in [0.29, 0.717) is 23.5 Å². The molecule has 5 rings (SSSR count). The summed E-state index contributed by atoms with van der Waals surface area (Å²) in [7, 11) is 0. The van der Waals surface area contributed by atoms with Gasteiger partial charge in [0.15, 0.2) is 5.11 Å². The smallest absolute Gasteiger partial charge is 0.232 e. The molecule has 0 amide bonds. The molecule has 3 heterocycles. The lowest BCUT2D eigenvalue weighted by molar-refractivity contribution is 0.444. The Kier molecular flexibility index (Phi) is 6.58. The van der Waals surface area contributed by atoms with Crippen LogP contribution in [-0.4, -0.2) is 28.2 Å². The molecule has 2 N–H and O–H groups in total. The normalized spacial score (nSPS) is 17.4. The maximum Gasteiger partial charge on any atom is 0.232 e. The molecule has 2 aliphatic heterocycles. The van der Waals surface area contributed by atoms with Crippen molar-refractivity contribution in [3.05, 3.63) is 77.1 Å². The van der Waals surface area contributed by atoms with Gasteiger partial charge in [-0.15, -0.1) is 0 Å². The largest absolute Gasteiger partial charge is 0.358 e. The molecule has 1 saturated heterocycles. The van der Waals surface area contributed by atoms with Crippen LogP contribution in [0.1, 0.15) is 36.5 Å². The van der Waals surface area contributed by atoms with Gasteiger partial charge in [0.05, 0.1) is 0 Å². The highest BCUT2D eigenvalue weighted by Crippen LogP contribution is 2.31. The van der Waals surface area contributed by atoms with Crippen molar-refractivity contribution in [3.63, 3.8) is 0 Å². The van der Waals surface area contributed by atoms with Crippen LogP contribution in [0.15, 0.2) is 54.6 Å². The topological polar surface area (TPSA) is 56.3 Å². The fourth-order valence-electron chi connectivity index (χ4n) is 4.62. The van der Waals surface area contributed by atoms with Gasteiger partial charge in [-0.05, 0) is 59.8 Å². The molecule has 1 atom stereocenters. The Morgan fingerprint density at radius 3 is 2.38 bits per heavy atom. The minimum atomic E-state index is -0.252. The molecule has 1 unspecified atom stereocenters. The van der Waals surface area contributed by atoms with E-state index in [1.165, 1.54) is 29.7 Å². The summed E-state index contributed by atoms with van der Waals surface area (Å²) in [6.07, 6.45) is 2.41. The van der Waals surface area contributed by atoms with Crippen LogP contribution >= 0.6 is 12.2 Å². The number of thiocarbonyl (C=S) groups is 1. The quantitative estimate of drug-likeness (QED) is 0.510. The molecule has 1 aromatic heterocycles. The lowest BCUT2D eigenvalue weighted by Gasteiger charge is -2.32. The second-order valence-electron chi connectivity index (χ2n) is 9.16. The third-order valence-corrected chi connectivity index (χ3v) is 6.68. The van der Waals surface area contributed by atoms with Gasteiger partial charge in [-0.3, -0.25) is 0 Å². The molecule has 2 aromatic carbocycles. The first kappa shape index (κ1) is 22.5. The van der Waals surface area contributed by atoms with Gasteiger partial charge in [0.2, 0.25) is 5.95 Å². The van der Waals surface area contributed by atoms with Crippen molar-refractivity contribution in [1.82, 2.24) is 15.3 Å². The van der Waals surface area contributed by atoms with E-state index in [0.717, 1.165) is 49.8 Å². The highest BCUT2D eigenvalue weighted by atomic mass is 32.1. The number of hydrogen-bond acceptors (Lipinski definition) is 5. The molecule has 8 heteroatoms. The molecule has 6 nitrogen and oxygen atoms in total. The average molecular weight is 477 g/mol. The van der Waals surface area contributed by atoms with E-state index >= 15 is 0 Å². The standard InChI is InChI=1S/C26H29FN6S/c1-18-5-4-12-32(15-18)23-13-24(33-16-20-6-2-3-7-21(20)17-33)30-25(29-23)31-26(34)28-14-19-8-10-22(27)11-9-19/h2-3,6-11,13,18H,4-5,12,14-17H2,1H3,(H2,28,29,30,31,34). The van der Waals surface area contributed by atoms with Crippen molar-refractivity contribution >= 4 is 34.9 Å². The van der Waals surface area contributed by atoms with Crippen molar-refractivity contribution in [2.75, 3.05) is 28.2 Å². The number of aromatic nitrogens is 2. The number of anilines is 3. The van der Waals surface area contributed by atoms with Crippen LogP contribution in [0.5, 0.6) is 0 Å². The van der Waals surface area contributed by atoms with Gasteiger partial charge in [0, 0.05) is 38.8 Å². The van der Waals surface area contributed by atoms with E-state index < -0.39 is 0 Å². The van der Waals surface area contributed by atoms with E-state index in [-0.39, 0.29) is 5.82 Å². The molecular weight excluding hydrogens is 447 g/mol. The second kappa shape index (κ2) is 9.93. The molecule has 0 bridgehead atoms. The molecule has 2 aliphatic rings. The predicted molar refractivity (Wildman–Crippen MR) is 138 cm³/mol. The van der Waals surface area contributed by atoms with Crippen molar-refractivity contribution in [3.8, 4) is 0 Å². The molecule has 0 radical (unpaired) electrons. The number of benzene rings is 2. The molecule has 34 heavy (non-hydrogen) atoms. The van der Waals surface area contributed by atoms with Crippen molar-refractivity contribution in [1.29, 1.82) is 0 Å². The van der Waals surface area contributed by atoms with E-state index in [4.69, 9.17) is 22.2 Å². The summed E-state index contributed by atoms with van der Waals surface area (Å²) < 4.78 is 13.2. The SMILES string of the molecule is CC1CCCN(c2cc(N3Cc4ccccc4C3)nc(NC(=S)NCc3ccc(F)cc3)n2)C1. The second-order valence-corrected chi connectivity index (χ2v) is 9.57. The Morgan fingerprint density at radius 2 is 1.71 bits per heavy atom. The summed E-state index contributed by atoms with van der Waals surface area (Å²) in [6, 6.07) is 17.0. The Morgan fingerprint density at radius 1 is 1.03 bits per heavy atom. The molecule has 0 aliphatic carbocycles. The highest BCUT2D eigenvalue weighted by Gasteiger charge is 2.24. The highest BCUT2D eigenvalue weighted by molar-refractivity contribution is 7.80. The number of hydrogen-bond donors (Lipinski definition) is 2. The minimum absolute atomic E-state index is 0.252. The molecule has 0 spiro atoms. The average Bonchev–Trinajstić information content (AvgIpc) is 3.28. The number of nitrogens with one attached hydrogen (secondary N) is 2. The van der Waals surface area contributed by atoms with Gasteiger partial charge in [-0.1, -0.05) is 43.3 Å². The third-order valence-electron chi connectivity index (χ3n) is 6.44. The summed E-state index contributed by atoms with van der Waals surface area (Å²) in [6.45, 7) is 6.42. The third kappa shape index (κ3) is 5.28. The van der Waals surface area contributed by atoms with Crippen LogP contribution in [-0.2, 0) is 19.6 Å². The molecule has 3 aromatic rings. The zero-order chi connectivity index (χ0) is 23.5. The molecular formula is C26H29FN6S. The number of rotatable bonds is 5. The Balaban J connectivity index is 1.35. The maximum absolute atomic E-state index is 13.2. The number of halogens is 1. The fourth-order valence-corrected chi connectivity index (χ4v) is 4.79. The lowest BCUT2D eigenvalue weighted by Crippen LogP contribution is -2.35. The van der Waals surface area contributed by atoms with Gasteiger partial charge in [0.1, 0.15) is 17.5 Å². The Bertz CT molecular complexity index is 1140. The van der Waals surface area contributed by atoms with E-state index in [1.807, 2.05) is 0 Å². The first-order chi connectivity index (χ1) is 16.5. The zero-order valence-corrected chi connectivity index (χ0v) is 20.1. The van der Waals surface area contributed by atoms with Crippen LogP contribution in [0, 0.1) is 11.7 Å². The molecule has 1 fully saturated rings. The first-order valence-electron chi connectivity index (χ1n) is 11.8. The van der Waals surface area contributed by atoms with Crippen LogP contribution < -0.4 is 20.4 Å². The van der Waals surface area contributed by atoms with Crippen LogP contribution in [0.25, 0.3) is 0 Å². The van der Waals surface area contributed by atoms with Crippen molar-refractivity contribution in [2.45, 2.75) is 39.4 Å². The Labute approximate surface area is 205 Å². The summed E-state index contributed by atoms with van der Waals surface area (Å²) in [5, 5.41) is 6.77. The number of nitrogens with zero attached hydrogens (tertiary/aromatic N) is 4. The molecule has 0 saturated carbocycles. The van der Waals surface area contributed by atoms with Gasteiger partial charge in [0.25, 0.3) is 0 Å². The van der Waals surface area contributed by atoms with Crippen LogP contribution in [0.2, 0.25) is 0 Å². The van der Waals surface area contributed by atoms with Gasteiger partial charge in [-0.25, -0.2) is 4.39 Å². The minimum Gasteiger partial charge on any atom is -0.358 e. The summed E-state index contributed by atoms with van der Waals surface area (Å²) >= 11 is 5.51. The van der Waals surface area contributed by atoms with Crippen LogP contribution in [0.4, 0.5) is 22.0 Å². The van der Waals surface area contributed by atoms with E-state index in [2.05, 4.69) is 57.7 Å². The van der Waals surface area contributed by atoms with Gasteiger partial charge < -0.3 is 20.4 Å². The summed E-state index contributed by atoms with van der Waals surface area (Å²) in [5.41, 5.74) is 3.61. The van der Waals surface area contributed by atoms with E-state index in [1.54, 1.807) is 12.1 Å². The van der Waals surface area contributed by atoms with Crippen molar-refractivity contribution in [2.24, 2.45) is 5.92 Å². The zero-order valence-electron chi connectivity index (χ0n) is 19.3. The molecule has 176 valence electrons. The first-order valence-corrected chi connectivity index (χ1v) is 12.2. The van der Waals surface area contributed by atoms with Gasteiger partial charge >= 0.3 is 0 Å². The number of fused-ring (bicyclic) bond motifs is 1. The van der Waals surface area contributed by atoms with E-state index in [9.17, 15) is 4.39 Å². The maximum atomic E-state index is 13.2. The van der Waals surface area contributed by atoms with Crippen molar-refractivity contribution < 1.29 is 4.39 Å². The lowest BCUT2D eigenvalue weighted by atomic mass is 10.0. The Hall–Kier alpha value is -3.26. The van der Waals surface area contributed by atoms with Crippen LogP contribution in [0.3, 0.4) is 0 Å². The summed E-state index contributed by atoms with van der Waals surface area (Å²) in [5.74, 6) is 2.69. The number of piperidine rings is 1. The monoisotopic (exact) mass is 476 g/mol.